The average molecular weight is 335 g/mol. The maximum atomic E-state index is 12.8. The van der Waals surface area contributed by atoms with Gasteiger partial charge in [0.1, 0.15) is 0 Å². The molecule has 1 heterocycles. The second kappa shape index (κ2) is 5.91. The van der Waals surface area contributed by atoms with Crippen molar-refractivity contribution in [3.05, 3.63) is 29.3 Å². The van der Waals surface area contributed by atoms with Gasteiger partial charge in [-0.3, -0.25) is 4.79 Å². The predicted molar refractivity (Wildman–Crippen MR) is 76.2 cm³/mol. The summed E-state index contributed by atoms with van der Waals surface area (Å²) in [6.45, 7) is 1.35. The highest BCUT2D eigenvalue weighted by Crippen LogP contribution is 2.33. The molecule has 1 aromatic carbocycles. The molecule has 1 aromatic rings. The van der Waals surface area contributed by atoms with E-state index in [1.165, 1.54) is 19.1 Å². The van der Waals surface area contributed by atoms with E-state index in [1.807, 2.05) is 0 Å². The highest BCUT2D eigenvalue weighted by atomic mass is 32.2. The Morgan fingerprint density at radius 1 is 1.36 bits per heavy atom. The van der Waals surface area contributed by atoms with Crippen molar-refractivity contribution < 1.29 is 26.4 Å². The van der Waals surface area contributed by atoms with Crippen molar-refractivity contribution in [3.8, 4) is 0 Å². The Hall–Kier alpha value is -1.57. The van der Waals surface area contributed by atoms with E-state index in [9.17, 15) is 26.4 Å². The summed E-state index contributed by atoms with van der Waals surface area (Å²) >= 11 is 0. The van der Waals surface area contributed by atoms with Gasteiger partial charge in [-0.15, -0.1) is 0 Å². The lowest BCUT2D eigenvalue weighted by Crippen LogP contribution is -2.18. The van der Waals surface area contributed by atoms with E-state index < -0.39 is 27.5 Å². The van der Waals surface area contributed by atoms with Crippen molar-refractivity contribution in [2.24, 2.45) is 5.92 Å². The minimum Gasteiger partial charge on any atom is -0.326 e. The topological polar surface area (TPSA) is 63.2 Å². The van der Waals surface area contributed by atoms with E-state index in [2.05, 4.69) is 5.32 Å². The number of carbonyl (C=O) groups is 1. The molecule has 0 saturated carbocycles. The van der Waals surface area contributed by atoms with Crippen molar-refractivity contribution in [1.82, 2.24) is 0 Å². The molecule has 0 bridgehead atoms. The van der Waals surface area contributed by atoms with Crippen LogP contribution in [0.25, 0.3) is 0 Å². The number of hydrogen-bond donors (Lipinski definition) is 1. The zero-order chi connectivity index (χ0) is 16.5. The fraction of sp³-hybridized carbons (Fsp3) is 0.500. The fourth-order valence-electron chi connectivity index (χ4n) is 2.51. The van der Waals surface area contributed by atoms with Crippen LogP contribution in [0, 0.1) is 12.8 Å². The van der Waals surface area contributed by atoms with Gasteiger partial charge in [-0.2, -0.15) is 13.2 Å². The molecule has 1 saturated heterocycles. The second-order valence-corrected chi connectivity index (χ2v) is 7.78. The highest BCUT2D eigenvalue weighted by molar-refractivity contribution is 7.91. The van der Waals surface area contributed by atoms with E-state index in [-0.39, 0.29) is 35.1 Å². The second-order valence-electron chi connectivity index (χ2n) is 5.55. The van der Waals surface area contributed by atoms with Crippen LogP contribution in [-0.2, 0) is 20.8 Å². The standard InChI is InChI=1S/C14H16F3NO3S/c1-9-2-3-11(7-12(9)14(15,16)17)18-13(19)6-10-4-5-22(20,21)8-10/h2-3,7,10H,4-6,8H2,1H3,(H,18,19)/t10-/m1/s1. The van der Waals surface area contributed by atoms with Gasteiger partial charge in [0.15, 0.2) is 9.84 Å². The monoisotopic (exact) mass is 335 g/mol. The molecule has 1 N–H and O–H groups in total. The number of rotatable bonds is 3. The summed E-state index contributed by atoms with van der Waals surface area (Å²) in [6, 6.07) is 3.57. The van der Waals surface area contributed by atoms with Gasteiger partial charge in [-0.25, -0.2) is 8.42 Å². The summed E-state index contributed by atoms with van der Waals surface area (Å²) in [7, 11) is -3.07. The van der Waals surface area contributed by atoms with E-state index in [1.54, 1.807) is 0 Å². The van der Waals surface area contributed by atoms with Gasteiger partial charge in [0.2, 0.25) is 5.91 Å². The van der Waals surface area contributed by atoms with Crippen LogP contribution in [0.1, 0.15) is 24.0 Å². The molecule has 8 heteroatoms. The SMILES string of the molecule is Cc1ccc(NC(=O)C[C@H]2CCS(=O)(=O)C2)cc1C(F)(F)F. The molecule has 1 aliphatic heterocycles. The first kappa shape index (κ1) is 16.8. The lowest BCUT2D eigenvalue weighted by Gasteiger charge is -2.13. The molecular formula is C14H16F3NO3S. The van der Waals surface area contributed by atoms with Crippen LogP contribution in [-0.4, -0.2) is 25.8 Å². The number of aryl methyl sites for hydroxylation is 1. The number of benzene rings is 1. The summed E-state index contributed by atoms with van der Waals surface area (Å²) in [5.41, 5.74) is -0.662. The first-order chi connectivity index (χ1) is 10.1. The fourth-order valence-corrected chi connectivity index (χ4v) is 4.37. The predicted octanol–water partition coefficient (Wildman–Crippen LogP) is 2.78. The molecule has 1 amide bonds. The maximum Gasteiger partial charge on any atom is 0.416 e. The first-order valence-electron chi connectivity index (χ1n) is 6.75. The summed E-state index contributed by atoms with van der Waals surface area (Å²) < 4.78 is 61.0. The number of nitrogens with one attached hydrogen (secondary N) is 1. The number of anilines is 1. The molecule has 0 aliphatic carbocycles. The normalized spacial score (nSPS) is 20.8. The van der Waals surface area contributed by atoms with Gasteiger partial charge < -0.3 is 5.32 Å². The number of carbonyl (C=O) groups excluding carboxylic acids is 1. The lowest BCUT2D eigenvalue weighted by atomic mass is 10.0. The third-order valence-electron chi connectivity index (χ3n) is 3.63. The summed E-state index contributed by atoms with van der Waals surface area (Å²) in [5.74, 6) is -0.716. The van der Waals surface area contributed by atoms with Crippen LogP contribution < -0.4 is 5.32 Å². The van der Waals surface area contributed by atoms with Crippen LogP contribution in [0.3, 0.4) is 0 Å². The number of hydrogen-bond acceptors (Lipinski definition) is 3. The minimum atomic E-state index is -4.48. The van der Waals surface area contributed by atoms with Gasteiger partial charge >= 0.3 is 6.18 Å². The van der Waals surface area contributed by atoms with E-state index >= 15 is 0 Å². The van der Waals surface area contributed by atoms with Crippen molar-refractivity contribution >= 4 is 21.4 Å². The molecule has 1 aliphatic rings. The molecule has 122 valence electrons. The molecule has 22 heavy (non-hydrogen) atoms. The molecule has 0 radical (unpaired) electrons. The summed E-state index contributed by atoms with van der Waals surface area (Å²) in [4.78, 5) is 11.8. The Morgan fingerprint density at radius 3 is 2.59 bits per heavy atom. The van der Waals surface area contributed by atoms with Crippen molar-refractivity contribution in [1.29, 1.82) is 0 Å². The number of alkyl halides is 3. The third kappa shape index (κ3) is 4.22. The quantitative estimate of drug-likeness (QED) is 0.924. The van der Waals surface area contributed by atoms with E-state index in [0.29, 0.717) is 6.42 Å². The molecular weight excluding hydrogens is 319 g/mol. The Balaban J connectivity index is 2.03. The smallest absolute Gasteiger partial charge is 0.326 e. The third-order valence-corrected chi connectivity index (χ3v) is 5.46. The van der Waals surface area contributed by atoms with Crippen molar-refractivity contribution in [2.45, 2.75) is 25.9 Å². The largest absolute Gasteiger partial charge is 0.416 e. The summed E-state index contributed by atoms with van der Waals surface area (Å²) in [5, 5.41) is 2.40. The van der Waals surface area contributed by atoms with Crippen LogP contribution in [0.2, 0.25) is 0 Å². The number of amides is 1. The van der Waals surface area contributed by atoms with Crippen molar-refractivity contribution in [3.63, 3.8) is 0 Å². The molecule has 1 atom stereocenters. The van der Waals surface area contributed by atoms with Gasteiger partial charge in [0.25, 0.3) is 0 Å². The van der Waals surface area contributed by atoms with E-state index in [4.69, 9.17) is 0 Å². The Labute approximate surface area is 126 Å². The minimum absolute atomic E-state index is 0.00550. The molecule has 2 rings (SSSR count). The van der Waals surface area contributed by atoms with Gasteiger partial charge in [0, 0.05) is 12.1 Å². The molecule has 0 unspecified atom stereocenters. The Morgan fingerprint density at radius 2 is 2.05 bits per heavy atom. The van der Waals surface area contributed by atoms with Gasteiger partial charge in [-0.05, 0) is 37.0 Å². The Kier molecular flexibility index (Phi) is 4.51. The molecule has 4 nitrogen and oxygen atoms in total. The van der Waals surface area contributed by atoms with Crippen LogP contribution >= 0.6 is 0 Å². The summed E-state index contributed by atoms with van der Waals surface area (Å²) in [6.07, 6.45) is -4.07. The van der Waals surface area contributed by atoms with Crippen molar-refractivity contribution in [2.75, 3.05) is 16.8 Å². The average Bonchev–Trinajstić information content (AvgIpc) is 2.69. The highest BCUT2D eigenvalue weighted by Gasteiger charge is 2.33. The lowest BCUT2D eigenvalue weighted by molar-refractivity contribution is -0.138. The zero-order valence-corrected chi connectivity index (χ0v) is 12.7. The molecule has 1 fully saturated rings. The maximum absolute atomic E-state index is 12.8. The van der Waals surface area contributed by atoms with E-state index in [0.717, 1.165) is 6.07 Å². The number of halogens is 3. The first-order valence-corrected chi connectivity index (χ1v) is 8.57. The van der Waals surface area contributed by atoms with Gasteiger partial charge in [-0.1, -0.05) is 6.07 Å². The number of sulfone groups is 1. The molecule has 0 spiro atoms. The van der Waals surface area contributed by atoms with Crippen LogP contribution in [0.5, 0.6) is 0 Å². The zero-order valence-electron chi connectivity index (χ0n) is 11.9. The van der Waals surface area contributed by atoms with Crippen LogP contribution in [0.15, 0.2) is 18.2 Å². The van der Waals surface area contributed by atoms with Gasteiger partial charge in [0.05, 0.1) is 17.1 Å². The Bertz CT molecular complexity index is 683. The van der Waals surface area contributed by atoms with Crippen LogP contribution in [0.4, 0.5) is 18.9 Å². The molecule has 0 aromatic heterocycles.